The number of hydrogen-bond acceptors (Lipinski definition) is 8. The summed E-state index contributed by atoms with van der Waals surface area (Å²) >= 11 is 12.3. The third-order valence-corrected chi connectivity index (χ3v) is 5.11. The van der Waals surface area contributed by atoms with Gasteiger partial charge in [-0.1, -0.05) is 23.2 Å². The van der Waals surface area contributed by atoms with Gasteiger partial charge in [-0.15, -0.1) is 0 Å². The van der Waals surface area contributed by atoms with E-state index in [2.05, 4.69) is 4.74 Å². The molecule has 2 aromatic rings. The number of phenolic OH excluding ortho intramolecular Hbond substituents is 2. The molecule has 156 valence electrons. The molecule has 0 radical (unpaired) electrons. The monoisotopic (exact) mass is 444 g/mol. The van der Waals surface area contributed by atoms with Gasteiger partial charge in [-0.05, 0) is 19.4 Å². The fourth-order valence-corrected chi connectivity index (χ4v) is 3.12. The van der Waals surface area contributed by atoms with Gasteiger partial charge < -0.3 is 29.2 Å². The second kappa shape index (κ2) is 8.67. The lowest BCUT2D eigenvalue weighted by atomic mass is 10.0. The van der Waals surface area contributed by atoms with E-state index < -0.39 is 29.0 Å². The Morgan fingerprint density at radius 1 is 0.862 bits per heavy atom. The lowest BCUT2D eigenvalue weighted by molar-refractivity contribution is 0.0584. The van der Waals surface area contributed by atoms with Crippen molar-refractivity contribution in [1.82, 2.24) is 0 Å². The highest BCUT2D eigenvalue weighted by molar-refractivity contribution is 6.38. The van der Waals surface area contributed by atoms with Crippen LogP contribution in [0.3, 0.4) is 0 Å². The Labute approximate surface area is 176 Å². The van der Waals surface area contributed by atoms with Gasteiger partial charge in [-0.25, -0.2) is 9.59 Å². The zero-order valence-electron chi connectivity index (χ0n) is 16.2. The van der Waals surface area contributed by atoms with Gasteiger partial charge in [0.1, 0.15) is 16.9 Å². The first-order valence-electron chi connectivity index (χ1n) is 8.06. The summed E-state index contributed by atoms with van der Waals surface area (Å²) in [6.07, 6.45) is 0. The van der Waals surface area contributed by atoms with Crippen LogP contribution in [0.4, 0.5) is 0 Å². The molecule has 0 aliphatic heterocycles. The zero-order chi connectivity index (χ0) is 22.0. The van der Waals surface area contributed by atoms with Gasteiger partial charge in [-0.3, -0.25) is 0 Å². The van der Waals surface area contributed by atoms with Gasteiger partial charge in [0, 0.05) is 11.6 Å². The fourth-order valence-electron chi connectivity index (χ4n) is 2.66. The topological polar surface area (TPSA) is 112 Å². The molecule has 0 saturated carbocycles. The predicted molar refractivity (Wildman–Crippen MR) is 105 cm³/mol. The summed E-state index contributed by atoms with van der Waals surface area (Å²) in [7, 11) is 3.59. The van der Waals surface area contributed by atoms with E-state index in [4.69, 9.17) is 37.4 Å². The maximum absolute atomic E-state index is 12.2. The highest BCUT2D eigenvalue weighted by Crippen LogP contribution is 2.48. The van der Waals surface area contributed by atoms with Crippen molar-refractivity contribution in [3.8, 4) is 28.7 Å². The fraction of sp³-hybridized carbons (Fsp3) is 0.263. The summed E-state index contributed by atoms with van der Waals surface area (Å²) in [6, 6.07) is 1.14. The highest BCUT2D eigenvalue weighted by atomic mass is 35.5. The summed E-state index contributed by atoms with van der Waals surface area (Å²) in [5, 5.41) is 20.5. The third-order valence-electron chi connectivity index (χ3n) is 4.20. The van der Waals surface area contributed by atoms with Gasteiger partial charge in [-0.2, -0.15) is 0 Å². The number of rotatable bonds is 5. The molecule has 0 spiro atoms. The van der Waals surface area contributed by atoms with Gasteiger partial charge in [0.05, 0.1) is 31.4 Å². The summed E-state index contributed by atoms with van der Waals surface area (Å²) in [5.74, 6) is -3.19. The summed E-state index contributed by atoms with van der Waals surface area (Å²) in [5.41, 5.74) is -0.0733. The predicted octanol–water partition coefficient (Wildman–Crippen LogP) is 4.40. The minimum Gasteiger partial charge on any atom is -0.505 e. The second-order valence-electron chi connectivity index (χ2n) is 5.82. The summed E-state index contributed by atoms with van der Waals surface area (Å²) in [4.78, 5) is 24.4. The van der Waals surface area contributed by atoms with E-state index in [0.717, 1.165) is 13.2 Å². The van der Waals surface area contributed by atoms with Gasteiger partial charge in [0.15, 0.2) is 23.0 Å². The Bertz CT molecular complexity index is 1000. The molecule has 0 amide bonds. The summed E-state index contributed by atoms with van der Waals surface area (Å²) in [6.45, 7) is 2.97. The highest BCUT2D eigenvalue weighted by Gasteiger charge is 2.30. The number of phenols is 2. The van der Waals surface area contributed by atoms with Crippen molar-refractivity contribution in [2.45, 2.75) is 13.8 Å². The standard InChI is InChI=1S/C19H18Cl2O8/c1-7-11(18(24)27-4)10(26-3)6-9(22)16(7)29-17-12(19(25)28-5)15(23)13(20)8(2)14(17)21/h6,22-23H,1-5H3. The van der Waals surface area contributed by atoms with E-state index in [-0.39, 0.29) is 44.0 Å². The van der Waals surface area contributed by atoms with E-state index in [1.165, 1.54) is 28.1 Å². The molecule has 2 aromatic carbocycles. The number of aromatic hydroxyl groups is 2. The van der Waals surface area contributed by atoms with Crippen molar-refractivity contribution in [3.63, 3.8) is 0 Å². The Hall–Kier alpha value is -2.84. The number of benzene rings is 2. The second-order valence-corrected chi connectivity index (χ2v) is 6.57. The molecule has 0 bridgehead atoms. The van der Waals surface area contributed by atoms with E-state index in [1.54, 1.807) is 0 Å². The molecule has 2 rings (SSSR count). The number of ether oxygens (including phenoxy) is 4. The van der Waals surface area contributed by atoms with E-state index in [9.17, 15) is 19.8 Å². The Balaban J connectivity index is 2.81. The lowest BCUT2D eigenvalue weighted by Crippen LogP contribution is -2.09. The average molecular weight is 445 g/mol. The minimum absolute atomic E-state index is 0.00607. The number of esters is 2. The van der Waals surface area contributed by atoms with Gasteiger partial charge >= 0.3 is 11.9 Å². The maximum Gasteiger partial charge on any atom is 0.345 e. The molecule has 0 atom stereocenters. The van der Waals surface area contributed by atoms with Crippen LogP contribution < -0.4 is 9.47 Å². The molecule has 0 aliphatic rings. The van der Waals surface area contributed by atoms with Crippen LogP contribution >= 0.6 is 23.2 Å². The molecule has 0 aliphatic carbocycles. The Morgan fingerprint density at radius 2 is 1.41 bits per heavy atom. The number of methoxy groups -OCH3 is 3. The molecule has 0 aromatic heterocycles. The van der Waals surface area contributed by atoms with Crippen molar-refractivity contribution in [3.05, 3.63) is 38.4 Å². The largest absolute Gasteiger partial charge is 0.505 e. The van der Waals surface area contributed by atoms with E-state index in [0.29, 0.717) is 0 Å². The number of halogens is 2. The van der Waals surface area contributed by atoms with E-state index >= 15 is 0 Å². The molecule has 8 nitrogen and oxygen atoms in total. The molecule has 0 heterocycles. The molecular formula is C19H18Cl2O8. The van der Waals surface area contributed by atoms with Crippen LogP contribution in [-0.2, 0) is 9.47 Å². The molecule has 29 heavy (non-hydrogen) atoms. The average Bonchev–Trinajstić information content (AvgIpc) is 2.71. The molecule has 0 fully saturated rings. The first kappa shape index (κ1) is 22.4. The normalized spacial score (nSPS) is 10.4. The van der Waals surface area contributed by atoms with Crippen LogP contribution in [0.2, 0.25) is 10.0 Å². The van der Waals surface area contributed by atoms with Crippen molar-refractivity contribution in [1.29, 1.82) is 0 Å². The van der Waals surface area contributed by atoms with Crippen LogP contribution in [0.1, 0.15) is 31.8 Å². The first-order chi connectivity index (χ1) is 13.6. The third kappa shape index (κ3) is 3.86. The molecular weight excluding hydrogens is 427 g/mol. The van der Waals surface area contributed by atoms with Gasteiger partial charge in [0.25, 0.3) is 0 Å². The quantitative estimate of drug-likeness (QED) is 0.652. The van der Waals surface area contributed by atoms with Crippen molar-refractivity contribution >= 4 is 35.1 Å². The number of hydrogen-bond donors (Lipinski definition) is 2. The van der Waals surface area contributed by atoms with Crippen LogP contribution in [0.25, 0.3) is 0 Å². The molecule has 0 unspecified atom stereocenters. The van der Waals surface area contributed by atoms with Crippen LogP contribution in [0.15, 0.2) is 6.07 Å². The Morgan fingerprint density at radius 3 is 1.93 bits per heavy atom. The Kier molecular flexibility index (Phi) is 6.71. The van der Waals surface area contributed by atoms with Crippen molar-refractivity contribution < 1.29 is 38.7 Å². The molecule has 0 saturated heterocycles. The first-order valence-corrected chi connectivity index (χ1v) is 8.81. The molecule has 2 N–H and O–H groups in total. The lowest BCUT2D eigenvalue weighted by Gasteiger charge is -2.20. The SMILES string of the molecule is COC(=O)c1c(OC)cc(O)c(Oc2c(Cl)c(C)c(Cl)c(O)c2C(=O)OC)c1C. The molecule has 10 heteroatoms. The van der Waals surface area contributed by atoms with Crippen molar-refractivity contribution in [2.75, 3.05) is 21.3 Å². The maximum atomic E-state index is 12.2. The van der Waals surface area contributed by atoms with Gasteiger partial charge in [0.2, 0.25) is 0 Å². The van der Waals surface area contributed by atoms with Crippen LogP contribution in [-0.4, -0.2) is 43.5 Å². The van der Waals surface area contributed by atoms with E-state index in [1.807, 2.05) is 0 Å². The summed E-state index contributed by atoms with van der Waals surface area (Å²) < 4.78 is 20.2. The zero-order valence-corrected chi connectivity index (χ0v) is 17.7. The van der Waals surface area contributed by atoms with Crippen molar-refractivity contribution in [2.24, 2.45) is 0 Å². The number of carbonyl (C=O) groups is 2. The van der Waals surface area contributed by atoms with Crippen LogP contribution in [0.5, 0.6) is 28.7 Å². The minimum atomic E-state index is -0.972. The number of carbonyl (C=O) groups excluding carboxylic acids is 2. The van der Waals surface area contributed by atoms with Crippen LogP contribution in [0, 0.1) is 13.8 Å². The smallest absolute Gasteiger partial charge is 0.345 e.